The second-order valence-corrected chi connectivity index (χ2v) is 13.4. The Kier molecular flexibility index (Phi) is 10.9. The third-order valence-corrected chi connectivity index (χ3v) is 8.53. The average molecular weight is 378 g/mol. The van der Waals surface area contributed by atoms with Crippen LogP contribution in [0.4, 0.5) is 4.79 Å². The van der Waals surface area contributed by atoms with Crippen LogP contribution in [0.1, 0.15) is 48.0 Å². The van der Waals surface area contributed by atoms with Gasteiger partial charge in [0.25, 0.3) is 0 Å². The topological polar surface area (TPSA) is 66.0 Å². The van der Waals surface area contributed by atoms with Gasteiger partial charge in [-0.1, -0.05) is 20.8 Å². The number of rotatable bonds is 11. The highest BCUT2D eigenvalue weighted by molar-refractivity contribution is 6.74. The molecule has 1 N–H and O–H groups in total. The standard InChI is InChI=1S/C18H39NO5Si/c1-17(2,3)24-16(20)19-10-13-22-15-14-21-11-9-12-23-25(7,8)18(4,5)6/h9-15H2,1-8H3,(H,19,20). The fourth-order valence-electron chi connectivity index (χ4n) is 1.57. The largest absolute Gasteiger partial charge is 0.444 e. The number of hydrogen-bond donors (Lipinski definition) is 1. The molecule has 0 saturated carbocycles. The van der Waals surface area contributed by atoms with Crippen molar-refractivity contribution in [2.45, 2.75) is 71.7 Å². The Morgan fingerprint density at radius 1 is 0.880 bits per heavy atom. The Morgan fingerprint density at radius 3 is 1.96 bits per heavy atom. The molecule has 0 atom stereocenters. The van der Waals surface area contributed by atoms with Gasteiger partial charge in [0.15, 0.2) is 8.32 Å². The van der Waals surface area contributed by atoms with Gasteiger partial charge in [-0.05, 0) is 45.3 Å². The van der Waals surface area contributed by atoms with Crippen molar-refractivity contribution < 1.29 is 23.4 Å². The van der Waals surface area contributed by atoms with Crippen molar-refractivity contribution >= 4 is 14.4 Å². The minimum atomic E-state index is -1.64. The van der Waals surface area contributed by atoms with E-state index in [1.165, 1.54) is 0 Å². The molecular weight excluding hydrogens is 338 g/mol. The molecule has 0 heterocycles. The summed E-state index contributed by atoms with van der Waals surface area (Å²) in [6.45, 7) is 20.1. The van der Waals surface area contributed by atoms with E-state index in [1.54, 1.807) is 0 Å². The monoisotopic (exact) mass is 377 g/mol. The Bertz CT molecular complexity index is 375. The molecule has 0 bridgehead atoms. The SMILES string of the molecule is CC(C)(C)OC(=O)NCCOCCOCCCO[Si](C)(C)C(C)(C)C. The third-order valence-electron chi connectivity index (χ3n) is 3.99. The summed E-state index contributed by atoms with van der Waals surface area (Å²) in [4.78, 5) is 11.4. The first-order valence-corrected chi connectivity index (χ1v) is 12.0. The molecule has 0 aromatic heterocycles. The van der Waals surface area contributed by atoms with Crippen molar-refractivity contribution in [3.05, 3.63) is 0 Å². The molecule has 1 amide bonds. The molecule has 0 radical (unpaired) electrons. The van der Waals surface area contributed by atoms with Gasteiger partial charge in [-0.2, -0.15) is 0 Å². The highest BCUT2D eigenvalue weighted by atomic mass is 28.4. The normalized spacial score (nSPS) is 13.0. The molecule has 7 heteroatoms. The van der Waals surface area contributed by atoms with E-state index in [0.717, 1.165) is 13.0 Å². The van der Waals surface area contributed by atoms with Crippen molar-refractivity contribution in [3.8, 4) is 0 Å². The Balaban J connectivity index is 3.45. The molecule has 0 aromatic carbocycles. The molecule has 0 aromatic rings. The van der Waals surface area contributed by atoms with Gasteiger partial charge >= 0.3 is 6.09 Å². The quantitative estimate of drug-likeness (QED) is 0.436. The van der Waals surface area contributed by atoms with Crippen molar-refractivity contribution in [1.29, 1.82) is 0 Å². The number of carbonyl (C=O) groups excluding carboxylic acids is 1. The predicted octanol–water partition coefficient (Wildman–Crippen LogP) is 3.96. The van der Waals surface area contributed by atoms with Crippen LogP contribution in [-0.2, 0) is 18.6 Å². The van der Waals surface area contributed by atoms with E-state index in [4.69, 9.17) is 18.6 Å². The van der Waals surface area contributed by atoms with Crippen LogP contribution in [0, 0.1) is 0 Å². The summed E-state index contributed by atoms with van der Waals surface area (Å²) < 4.78 is 22.1. The highest BCUT2D eigenvalue weighted by Gasteiger charge is 2.36. The lowest BCUT2D eigenvalue weighted by molar-refractivity contribution is 0.0374. The minimum absolute atomic E-state index is 0.245. The molecule has 0 aliphatic carbocycles. The van der Waals surface area contributed by atoms with Crippen LogP contribution in [0.25, 0.3) is 0 Å². The van der Waals surface area contributed by atoms with E-state index in [-0.39, 0.29) is 5.04 Å². The summed E-state index contributed by atoms with van der Waals surface area (Å²) in [6.07, 6.45) is 0.473. The lowest BCUT2D eigenvalue weighted by Gasteiger charge is -2.36. The minimum Gasteiger partial charge on any atom is -0.444 e. The molecular formula is C18H39NO5Si. The van der Waals surface area contributed by atoms with Gasteiger partial charge in [0, 0.05) is 19.8 Å². The van der Waals surface area contributed by atoms with E-state index >= 15 is 0 Å². The summed E-state index contributed by atoms with van der Waals surface area (Å²) in [5.41, 5.74) is -0.479. The van der Waals surface area contributed by atoms with Gasteiger partial charge in [-0.15, -0.1) is 0 Å². The molecule has 0 aliphatic rings. The number of amides is 1. The van der Waals surface area contributed by atoms with E-state index in [1.807, 2.05) is 20.8 Å². The first kappa shape index (κ1) is 24.4. The van der Waals surface area contributed by atoms with Crippen LogP contribution in [0.5, 0.6) is 0 Å². The second-order valence-electron chi connectivity index (χ2n) is 8.62. The first-order chi connectivity index (χ1) is 11.4. The Morgan fingerprint density at radius 2 is 1.44 bits per heavy atom. The van der Waals surface area contributed by atoms with Crippen molar-refractivity contribution in [3.63, 3.8) is 0 Å². The molecule has 150 valence electrons. The van der Waals surface area contributed by atoms with Crippen LogP contribution < -0.4 is 5.32 Å². The fraction of sp³-hybridized carbons (Fsp3) is 0.944. The molecule has 25 heavy (non-hydrogen) atoms. The highest BCUT2D eigenvalue weighted by Crippen LogP contribution is 2.36. The second kappa shape index (κ2) is 11.2. The van der Waals surface area contributed by atoms with Crippen LogP contribution in [0.3, 0.4) is 0 Å². The maximum absolute atomic E-state index is 11.4. The van der Waals surface area contributed by atoms with Crippen molar-refractivity contribution in [2.24, 2.45) is 0 Å². The molecule has 6 nitrogen and oxygen atoms in total. The number of nitrogens with one attached hydrogen (secondary N) is 1. The van der Waals surface area contributed by atoms with Gasteiger partial charge in [0.2, 0.25) is 0 Å². The number of hydrogen-bond acceptors (Lipinski definition) is 5. The number of carbonyl (C=O) groups is 1. The van der Waals surface area contributed by atoms with Crippen molar-refractivity contribution in [1.82, 2.24) is 5.32 Å². The zero-order chi connectivity index (χ0) is 19.6. The van der Waals surface area contributed by atoms with Gasteiger partial charge in [0.1, 0.15) is 5.60 Å². The van der Waals surface area contributed by atoms with E-state index in [9.17, 15) is 4.79 Å². The summed E-state index contributed by atoms with van der Waals surface area (Å²) in [7, 11) is -1.64. The van der Waals surface area contributed by atoms with Gasteiger partial charge in [-0.25, -0.2) is 4.79 Å². The maximum atomic E-state index is 11.4. The smallest absolute Gasteiger partial charge is 0.407 e. The molecule has 0 saturated heterocycles. The summed E-state index contributed by atoms with van der Waals surface area (Å²) in [5, 5.41) is 2.89. The maximum Gasteiger partial charge on any atom is 0.407 e. The Labute approximate surface area is 155 Å². The average Bonchev–Trinajstić information content (AvgIpc) is 2.41. The number of ether oxygens (including phenoxy) is 3. The van der Waals surface area contributed by atoms with Crippen LogP contribution >= 0.6 is 0 Å². The molecule has 0 aliphatic heterocycles. The zero-order valence-electron chi connectivity index (χ0n) is 17.5. The van der Waals surface area contributed by atoms with E-state index < -0.39 is 20.0 Å². The van der Waals surface area contributed by atoms with Gasteiger partial charge < -0.3 is 24.0 Å². The summed E-state index contributed by atoms with van der Waals surface area (Å²) in [5.74, 6) is 0. The fourth-order valence-corrected chi connectivity index (χ4v) is 2.65. The lowest BCUT2D eigenvalue weighted by atomic mass is 10.2. The molecule has 0 rings (SSSR count). The first-order valence-electron chi connectivity index (χ1n) is 9.11. The third kappa shape index (κ3) is 13.3. The van der Waals surface area contributed by atoms with E-state index in [0.29, 0.717) is 33.0 Å². The van der Waals surface area contributed by atoms with Crippen LogP contribution in [0.15, 0.2) is 0 Å². The zero-order valence-corrected chi connectivity index (χ0v) is 18.5. The number of alkyl carbamates (subject to hydrolysis) is 1. The van der Waals surface area contributed by atoms with E-state index in [2.05, 4.69) is 39.2 Å². The molecule has 0 fully saturated rings. The summed E-state index contributed by atoms with van der Waals surface area (Å²) in [6, 6.07) is 0. The van der Waals surface area contributed by atoms with Gasteiger partial charge in [0.05, 0.1) is 19.8 Å². The lowest BCUT2D eigenvalue weighted by Crippen LogP contribution is -2.41. The Hall–Kier alpha value is -0.633. The van der Waals surface area contributed by atoms with Gasteiger partial charge in [-0.3, -0.25) is 0 Å². The van der Waals surface area contributed by atoms with Crippen LogP contribution in [-0.4, -0.2) is 59.6 Å². The molecule has 0 unspecified atom stereocenters. The molecule has 0 spiro atoms. The predicted molar refractivity (Wildman–Crippen MR) is 104 cm³/mol. The van der Waals surface area contributed by atoms with Crippen molar-refractivity contribution in [2.75, 3.05) is 39.6 Å². The van der Waals surface area contributed by atoms with Crippen LogP contribution in [0.2, 0.25) is 18.1 Å². The summed E-state index contributed by atoms with van der Waals surface area (Å²) >= 11 is 0.